The van der Waals surface area contributed by atoms with Crippen molar-refractivity contribution in [2.75, 3.05) is 0 Å². The topological polar surface area (TPSA) is 20.2 Å². The highest BCUT2D eigenvalue weighted by Crippen LogP contribution is 2.39. The Bertz CT molecular complexity index is 345. The van der Waals surface area contributed by atoms with Crippen molar-refractivity contribution in [1.29, 1.82) is 0 Å². The number of aryl methyl sites for hydroxylation is 1. The van der Waals surface area contributed by atoms with Crippen LogP contribution >= 0.6 is 0 Å². The zero-order valence-corrected chi connectivity index (χ0v) is 7.76. The minimum Gasteiger partial charge on any atom is -0.390 e. The van der Waals surface area contributed by atoms with Crippen molar-refractivity contribution in [3.05, 3.63) is 35.4 Å². The van der Waals surface area contributed by atoms with Gasteiger partial charge in [0.05, 0.1) is 5.60 Å². The maximum Gasteiger partial charge on any atom is 0.129 e. The third-order valence-corrected chi connectivity index (χ3v) is 2.70. The van der Waals surface area contributed by atoms with Gasteiger partial charge in [-0.05, 0) is 37.3 Å². The molecule has 0 aromatic heterocycles. The van der Waals surface area contributed by atoms with Crippen LogP contribution in [0.15, 0.2) is 18.2 Å². The number of aliphatic hydroxyl groups is 1. The lowest BCUT2D eigenvalue weighted by atomic mass is 10.1. The van der Waals surface area contributed by atoms with Gasteiger partial charge < -0.3 is 5.11 Å². The third-order valence-electron chi connectivity index (χ3n) is 2.70. The quantitative estimate of drug-likeness (QED) is 0.790. The lowest BCUT2D eigenvalue weighted by molar-refractivity contribution is 0.140. The van der Waals surface area contributed by atoms with E-state index >= 15 is 0 Å². The number of halogens is 2. The lowest BCUT2D eigenvalue weighted by Crippen LogP contribution is -2.08. The zero-order valence-electron chi connectivity index (χ0n) is 7.76. The Labute approximate surface area is 81.4 Å². The summed E-state index contributed by atoms with van der Waals surface area (Å²) in [5, 5.41) is 9.54. The van der Waals surface area contributed by atoms with Crippen LogP contribution in [0.3, 0.4) is 0 Å². The van der Waals surface area contributed by atoms with Crippen molar-refractivity contribution in [2.24, 2.45) is 0 Å². The molecule has 76 valence electrons. The molecule has 1 nitrogen and oxygen atoms in total. The van der Waals surface area contributed by atoms with Crippen molar-refractivity contribution >= 4 is 0 Å². The molecule has 1 N–H and O–H groups in total. The first-order valence-corrected chi connectivity index (χ1v) is 4.75. The Morgan fingerprint density at radius 1 is 1.29 bits per heavy atom. The highest BCUT2D eigenvalue weighted by molar-refractivity contribution is 5.19. The van der Waals surface area contributed by atoms with Crippen LogP contribution in [0.2, 0.25) is 0 Å². The van der Waals surface area contributed by atoms with Crippen LogP contribution in [0.25, 0.3) is 0 Å². The summed E-state index contributed by atoms with van der Waals surface area (Å²) < 4.78 is 25.7. The molecule has 1 aliphatic rings. The highest BCUT2D eigenvalue weighted by atomic mass is 19.1. The van der Waals surface area contributed by atoms with Gasteiger partial charge in [0, 0.05) is 6.07 Å². The average Bonchev–Trinajstić information content (AvgIpc) is 2.83. The number of benzene rings is 1. The predicted molar refractivity (Wildman–Crippen MR) is 48.9 cm³/mol. The first-order chi connectivity index (χ1) is 6.59. The Hall–Kier alpha value is -0.960. The molecule has 0 spiro atoms. The smallest absolute Gasteiger partial charge is 0.129 e. The molecule has 0 unspecified atom stereocenters. The van der Waals surface area contributed by atoms with E-state index in [4.69, 9.17) is 0 Å². The predicted octanol–water partition coefficient (Wildman–Crippen LogP) is 2.42. The molecule has 2 rings (SSSR count). The molecule has 3 heteroatoms. The van der Waals surface area contributed by atoms with E-state index in [-0.39, 0.29) is 0 Å². The summed E-state index contributed by atoms with van der Waals surface area (Å²) in [6.07, 6.45) is 2.64. The van der Waals surface area contributed by atoms with E-state index in [0.717, 1.165) is 18.9 Å². The van der Waals surface area contributed by atoms with Crippen molar-refractivity contribution in [1.82, 2.24) is 0 Å². The fraction of sp³-hybridized carbons (Fsp3) is 0.455. The lowest BCUT2D eigenvalue weighted by Gasteiger charge is -2.07. The molecule has 0 amide bonds. The minimum absolute atomic E-state index is 0.475. The summed E-state index contributed by atoms with van der Waals surface area (Å²) in [6.45, 7) is 0. The first-order valence-electron chi connectivity index (χ1n) is 4.75. The average molecular weight is 198 g/mol. The van der Waals surface area contributed by atoms with Crippen molar-refractivity contribution in [3.63, 3.8) is 0 Å². The van der Waals surface area contributed by atoms with E-state index in [0.29, 0.717) is 18.4 Å². The summed E-state index contributed by atoms with van der Waals surface area (Å²) in [7, 11) is 0. The Morgan fingerprint density at radius 2 is 2.00 bits per heavy atom. The van der Waals surface area contributed by atoms with Crippen LogP contribution in [0, 0.1) is 11.6 Å². The van der Waals surface area contributed by atoms with Gasteiger partial charge in [-0.25, -0.2) is 8.78 Å². The molecule has 1 saturated carbocycles. The van der Waals surface area contributed by atoms with Gasteiger partial charge in [-0.2, -0.15) is 0 Å². The van der Waals surface area contributed by atoms with E-state index in [2.05, 4.69) is 0 Å². The van der Waals surface area contributed by atoms with Crippen LogP contribution in [0.1, 0.15) is 24.8 Å². The van der Waals surface area contributed by atoms with Gasteiger partial charge >= 0.3 is 0 Å². The Morgan fingerprint density at radius 3 is 2.57 bits per heavy atom. The molecule has 0 atom stereocenters. The second kappa shape index (κ2) is 3.31. The van der Waals surface area contributed by atoms with E-state index in [1.165, 1.54) is 12.1 Å². The fourth-order valence-electron chi connectivity index (χ4n) is 1.49. The summed E-state index contributed by atoms with van der Waals surface area (Å²) in [5.74, 6) is -1.08. The summed E-state index contributed by atoms with van der Waals surface area (Å²) in [5.41, 5.74) is -0.0902. The van der Waals surface area contributed by atoms with E-state index in [9.17, 15) is 13.9 Å². The molecule has 1 aromatic carbocycles. The van der Waals surface area contributed by atoms with Gasteiger partial charge in [0.15, 0.2) is 0 Å². The number of rotatable bonds is 3. The van der Waals surface area contributed by atoms with Gasteiger partial charge in [-0.3, -0.25) is 0 Å². The molecule has 0 aliphatic heterocycles. The van der Waals surface area contributed by atoms with E-state index in [1.807, 2.05) is 0 Å². The normalized spacial score (nSPS) is 18.2. The monoisotopic (exact) mass is 198 g/mol. The Kier molecular flexibility index (Phi) is 2.27. The van der Waals surface area contributed by atoms with E-state index in [1.54, 1.807) is 0 Å². The molecule has 0 radical (unpaired) electrons. The molecule has 1 aromatic rings. The maximum absolute atomic E-state index is 13.1. The van der Waals surface area contributed by atoms with Crippen molar-refractivity contribution < 1.29 is 13.9 Å². The first kappa shape index (κ1) is 9.59. The van der Waals surface area contributed by atoms with Crippen molar-refractivity contribution in [3.8, 4) is 0 Å². The molecular formula is C11H12F2O. The summed E-state index contributed by atoms with van der Waals surface area (Å²) in [6, 6.07) is 3.57. The maximum atomic E-state index is 13.1. The van der Waals surface area contributed by atoms with Crippen LogP contribution in [0.4, 0.5) is 8.78 Å². The second-order valence-corrected chi connectivity index (χ2v) is 3.96. The highest BCUT2D eigenvalue weighted by Gasteiger charge is 2.39. The second-order valence-electron chi connectivity index (χ2n) is 3.96. The molecule has 1 aliphatic carbocycles. The van der Waals surface area contributed by atoms with Crippen molar-refractivity contribution in [2.45, 2.75) is 31.3 Å². The SMILES string of the molecule is OC1(CCc2ccc(F)cc2F)CC1. The fourth-order valence-corrected chi connectivity index (χ4v) is 1.49. The van der Waals surface area contributed by atoms with Crippen LogP contribution in [-0.2, 0) is 6.42 Å². The number of hydrogen-bond acceptors (Lipinski definition) is 1. The van der Waals surface area contributed by atoms with E-state index < -0.39 is 17.2 Å². The van der Waals surface area contributed by atoms with Gasteiger partial charge in [-0.1, -0.05) is 6.07 Å². The van der Waals surface area contributed by atoms with Crippen LogP contribution in [-0.4, -0.2) is 10.7 Å². The van der Waals surface area contributed by atoms with Gasteiger partial charge in [0.1, 0.15) is 11.6 Å². The standard InChI is InChI=1S/C11H12F2O/c12-9-2-1-8(10(13)7-9)3-4-11(14)5-6-11/h1-2,7,14H,3-6H2. The number of hydrogen-bond donors (Lipinski definition) is 1. The van der Waals surface area contributed by atoms with Crippen LogP contribution in [0.5, 0.6) is 0 Å². The molecule has 0 bridgehead atoms. The summed E-state index contributed by atoms with van der Waals surface area (Å²) >= 11 is 0. The molecule has 0 saturated heterocycles. The van der Waals surface area contributed by atoms with Gasteiger partial charge in [-0.15, -0.1) is 0 Å². The zero-order chi connectivity index (χ0) is 10.2. The largest absolute Gasteiger partial charge is 0.390 e. The minimum atomic E-state index is -0.569. The molecule has 14 heavy (non-hydrogen) atoms. The third kappa shape index (κ3) is 2.10. The molecule has 0 heterocycles. The molecular weight excluding hydrogens is 186 g/mol. The molecule has 1 fully saturated rings. The van der Waals surface area contributed by atoms with Crippen LogP contribution < -0.4 is 0 Å². The summed E-state index contributed by atoms with van der Waals surface area (Å²) in [4.78, 5) is 0. The Balaban J connectivity index is 2.02. The van der Waals surface area contributed by atoms with Gasteiger partial charge in [0.2, 0.25) is 0 Å². The van der Waals surface area contributed by atoms with Gasteiger partial charge in [0.25, 0.3) is 0 Å².